The molecule has 0 saturated heterocycles. The predicted molar refractivity (Wildman–Crippen MR) is 121 cm³/mol. The minimum atomic E-state index is -3.03. The van der Waals surface area contributed by atoms with E-state index in [4.69, 9.17) is 20.9 Å². The number of nitrogens with two attached hydrogens (primary N) is 2. The van der Waals surface area contributed by atoms with Gasteiger partial charge in [-0.3, -0.25) is 4.79 Å². The molecular formula is C24H26F2N4O4. The van der Waals surface area contributed by atoms with Crippen LogP contribution < -0.4 is 16.2 Å². The van der Waals surface area contributed by atoms with Crippen LogP contribution in [0.25, 0.3) is 0 Å². The van der Waals surface area contributed by atoms with Crippen molar-refractivity contribution in [3.8, 4) is 5.75 Å². The van der Waals surface area contributed by atoms with Crippen LogP contribution in [0.2, 0.25) is 0 Å². The molecule has 0 radical (unpaired) electrons. The van der Waals surface area contributed by atoms with E-state index in [9.17, 15) is 18.4 Å². The maximum absolute atomic E-state index is 13.0. The van der Waals surface area contributed by atoms with Gasteiger partial charge in [-0.05, 0) is 38.1 Å². The Bertz CT molecular complexity index is 1140. The molecule has 10 heteroatoms. The first-order chi connectivity index (χ1) is 16.0. The van der Waals surface area contributed by atoms with Crippen LogP contribution in [0.3, 0.4) is 0 Å². The summed E-state index contributed by atoms with van der Waals surface area (Å²) in [5.74, 6) is -3.87. The summed E-state index contributed by atoms with van der Waals surface area (Å²) < 4.78 is 36.3. The highest BCUT2D eigenvalue weighted by Crippen LogP contribution is 2.29. The second-order valence-electron chi connectivity index (χ2n) is 8.05. The first-order valence-corrected chi connectivity index (χ1v) is 10.5. The highest BCUT2D eigenvalue weighted by Gasteiger charge is 2.35. The minimum absolute atomic E-state index is 0.0427. The molecule has 3 rings (SSSR count). The number of aromatic nitrogens is 1. The van der Waals surface area contributed by atoms with Gasteiger partial charge in [-0.15, -0.1) is 0 Å². The Morgan fingerprint density at radius 3 is 2.59 bits per heavy atom. The maximum atomic E-state index is 13.0. The van der Waals surface area contributed by atoms with Gasteiger partial charge in [0.15, 0.2) is 18.2 Å². The van der Waals surface area contributed by atoms with Gasteiger partial charge in [0.25, 0.3) is 11.8 Å². The normalized spacial score (nSPS) is 15.5. The summed E-state index contributed by atoms with van der Waals surface area (Å²) in [6, 6.07) is 9.48. The number of alkyl halides is 2. The molecule has 34 heavy (non-hydrogen) atoms. The molecule has 180 valence electrons. The number of para-hydroxylation sites is 1. The van der Waals surface area contributed by atoms with E-state index in [1.807, 2.05) is 0 Å². The maximum Gasteiger partial charge on any atom is 0.362 e. The van der Waals surface area contributed by atoms with Crippen molar-refractivity contribution in [2.45, 2.75) is 39.3 Å². The second-order valence-corrected chi connectivity index (χ2v) is 8.05. The first kappa shape index (κ1) is 24.7. The van der Waals surface area contributed by atoms with Gasteiger partial charge in [0.2, 0.25) is 0 Å². The topological polar surface area (TPSA) is 121 Å². The van der Waals surface area contributed by atoms with Crippen molar-refractivity contribution < 1.29 is 27.8 Å². The molecule has 1 aromatic carbocycles. The third kappa shape index (κ3) is 5.69. The van der Waals surface area contributed by atoms with E-state index in [2.05, 4.69) is 4.98 Å². The Labute approximate surface area is 195 Å². The van der Waals surface area contributed by atoms with Crippen LogP contribution in [0, 0.1) is 0 Å². The number of carbonyl (C=O) groups excluding carboxylic acids is 2. The van der Waals surface area contributed by atoms with Crippen molar-refractivity contribution >= 4 is 11.9 Å². The van der Waals surface area contributed by atoms with E-state index in [1.54, 1.807) is 44.2 Å². The fourth-order valence-electron chi connectivity index (χ4n) is 3.32. The van der Waals surface area contributed by atoms with E-state index >= 15 is 0 Å². The third-order valence-electron chi connectivity index (χ3n) is 5.23. The molecule has 2 heterocycles. The zero-order valence-electron chi connectivity index (χ0n) is 19.0. The molecule has 1 aromatic heterocycles. The molecular weight excluding hydrogens is 446 g/mol. The molecule has 1 amide bonds. The Balaban J connectivity index is 1.78. The number of nitrogens with zero attached hydrogens (tertiary/aromatic N) is 2. The molecule has 0 saturated carbocycles. The zero-order valence-corrected chi connectivity index (χ0v) is 19.0. The summed E-state index contributed by atoms with van der Waals surface area (Å²) in [5.41, 5.74) is 13.3. The monoisotopic (exact) mass is 472 g/mol. The molecule has 4 N–H and O–H groups in total. The summed E-state index contributed by atoms with van der Waals surface area (Å²) in [6.07, 6.45) is 2.84. The lowest BCUT2D eigenvalue weighted by Gasteiger charge is -2.25. The molecule has 1 aliphatic heterocycles. The summed E-state index contributed by atoms with van der Waals surface area (Å²) in [5, 5.41) is 0. The summed E-state index contributed by atoms with van der Waals surface area (Å²) in [7, 11) is 0. The summed E-state index contributed by atoms with van der Waals surface area (Å²) in [6.45, 7) is 3.21. The number of hydrogen-bond donors (Lipinski definition) is 2. The Kier molecular flexibility index (Phi) is 7.19. The SMILES string of the molecule is CC(/C=C(\N)C(C)N1Cc2c(ccnc2C(=O)Oc2ccccc2)C1=O)=C(/N)OCC(C)(F)F. The Hall–Kier alpha value is -3.95. The minimum Gasteiger partial charge on any atom is -0.473 e. The van der Waals surface area contributed by atoms with Crippen LogP contribution in [-0.2, 0) is 11.3 Å². The molecule has 8 nitrogen and oxygen atoms in total. The van der Waals surface area contributed by atoms with Gasteiger partial charge in [-0.25, -0.2) is 18.6 Å². The lowest BCUT2D eigenvalue weighted by Crippen LogP contribution is -2.37. The lowest BCUT2D eigenvalue weighted by atomic mass is 10.1. The van der Waals surface area contributed by atoms with Gasteiger partial charge in [0, 0.05) is 42.1 Å². The van der Waals surface area contributed by atoms with Crippen LogP contribution >= 0.6 is 0 Å². The number of halogens is 2. The van der Waals surface area contributed by atoms with E-state index in [-0.39, 0.29) is 29.7 Å². The average Bonchev–Trinajstić information content (AvgIpc) is 3.13. The average molecular weight is 472 g/mol. The van der Waals surface area contributed by atoms with E-state index in [1.165, 1.54) is 23.2 Å². The standard InChI is InChI=1S/C24H26F2N4O4/c1-14(21(28)33-13-24(3,25)26)11-19(27)15(2)30-12-18-17(22(30)31)9-10-29-20(18)23(32)34-16-7-5-4-6-8-16/h4-11,15H,12-13,27-28H2,1-3H3/b19-11-,21-14+. The smallest absolute Gasteiger partial charge is 0.362 e. The highest BCUT2D eigenvalue weighted by atomic mass is 19.3. The Morgan fingerprint density at radius 1 is 1.26 bits per heavy atom. The second kappa shape index (κ2) is 9.90. The number of benzene rings is 1. The third-order valence-corrected chi connectivity index (χ3v) is 5.23. The van der Waals surface area contributed by atoms with Crippen LogP contribution in [-0.4, -0.2) is 40.3 Å². The molecule has 0 aliphatic carbocycles. The van der Waals surface area contributed by atoms with Gasteiger partial charge in [0.05, 0.1) is 6.04 Å². The fourth-order valence-corrected chi connectivity index (χ4v) is 3.32. The molecule has 1 aliphatic rings. The molecule has 0 fully saturated rings. The van der Waals surface area contributed by atoms with Gasteiger partial charge >= 0.3 is 5.97 Å². The van der Waals surface area contributed by atoms with E-state index in [0.29, 0.717) is 22.4 Å². The van der Waals surface area contributed by atoms with Crippen molar-refractivity contribution in [1.82, 2.24) is 9.88 Å². The highest BCUT2D eigenvalue weighted by molar-refractivity contribution is 6.02. The first-order valence-electron chi connectivity index (χ1n) is 10.5. The van der Waals surface area contributed by atoms with Crippen molar-refractivity contribution in [2.24, 2.45) is 11.5 Å². The number of esters is 1. The quantitative estimate of drug-likeness (QED) is 0.262. The van der Waals surface area contributed by atoms with Crippen LogP contribution in [0.1, 0.15) is 47.2 Å². The van der Waals surface area contributed by atoms with Crippen LogP contribution in [0.5, 0.6) is 5.75 Å². The number of allylic oxidation sites excluding steroid dienone is 2. The van der Waals surface area contributed by atoms with Gasteiger partial charge in [-0.1, -0.05) is 18.2 Å². The van der Waals surface area contributed by atoms with Gasteiger partial charge in [0.1, 0.15) is 5.75 Å². The number of carbonyl (C=O) groups is 2. The molecule has 2 aromatic rings. The van der Waals surface area contributed by atoms with Gasteiger partial charge in [-0.2, -0.15) is 0 Å². The van der Waals surface area contributed by atoms with Crippen molar-refractivity contribution in [3.05, 3.63) is 82.6 Å². The lowest BCUT2D eigenvalue weighted by molar-refractivity contribution is -0.0446. The molecule has 0 spiro atoms. The van der Waals surface area contributed by atoms with Crippen molar-refractivity contribution in [1.29, 1.82) is 0 Å². The Morgan fingerprint density at radius 2 is 1.94 bits per heavy atom. The van der Waals surface area contributed by atoms with Crippen molar-refractivity contribution in [2.75, 3.05) is 6.61 Å². The number of pyridine rings is 1. The molecule has 1 atom stereocenters. The number of fused-ring (bicyclic) bond motifs is 1. The number of amides is 1. The number of rotatable bonds is 8. The molecule has 0 bridgehead atoms. The largest absolute Gasteiger partial charge is 0.473 e. The number of ether oxygens (including phenoxy) is 2. The number of hydrogen-bond acceptors (Lipinski definition) is 7. The zero-order chi connectivity index (χ0) is 25.0. The van der Waals surface area contributed by atoms with Crippen molar-refractivity contribution in [3.63, 3.8) is 0 Å². The van der Waals surface area contributed by atoms with Gasteiger partial charge < -0.3 is 25.8 Å². The fraction of sp³-hybridized carbons (Fsp3) is 0.292. The van der Waals surface area contributed by atoms with E-state index in [0.717, 1.165) is 6.92 Å². The predicted octanol–water partition coefficient (Wildman–Crippen LogP) is 3.35. The van der Waals surface area contributed by atoms with E-state index < -0.39 is 24.5 Å². The summed E-state index contributed by atoms with van der Waals surface area (Å²) >= 11 is 0. The molecule has 1 unspecified atom stereocenters. The van der Waals surface area contributed by atoms with Crippen LogP contribution in [0.15, 0.2) is 65.8 Å². The summed E-state index contributed by atoms with van der Waals surface area (Å²) in [4.78, 5) is 31.3. The van der Waals surface area contributed by atoms with Crippen LogP contribution in [0.4, 0.5) is 8.78 Å².